The number of sulfonamides is 1. The lowest BCUT2D eigenvalue weighted by Gasteiger charge is -2.33. The summed E-state index contributed by atoms with van der Waals surface area (Å²) >= 11 is 0. The summed E-state index contributed by atoms with van der Waals surface area (Å²) in [6.45, 7) is 4.89. The van der Waals surface area contributed by atoms with Crippen molar-refractivity contribution in [2.45, 2.75) is 44.7 Å². The van der Waals surface area contributed by atoms with Crippen molar-refractivity contribution in [3.63, 3.8) is 0 Å². The number of rotatable bonds is 10. The Labute approximate surface area is 218 Å². The molecule has 1 atom stereocenters. The van der Waals surface area contributed by atoms with Crippen molar-refractivity contribution >= 4 is 27.5 Å². The average molecular weight is 526 g/mol. The van der Waals surface area contributed by atoms with Gasteiger partial charge in [0.2, 0.25) is 11.8 Å². The summed E-state index contributed by atoms with van der Waals surface area (Å²) in [7, 11) is -2.64. The Bertz CT molecular complexity index is 1350. The molecule has 7 nitrogen and oxygen atoms in total. The number of carbonyl (C=O) groups excluding carboxylic acids is 2. The van der Waals surface area contributed by atoms with Gasteiger partial charge in [0.1, 0.15) is 18.4 Å². The van der Waals surface area contributed by atoms with Gasteiger partial charge in [-0.05, 0) is 67.3 Å². The van der Waals surface area contributed by atoms with E-state index in [9.17, 15) is 22.4 Å². The molecule has 0 bridgehead atoms. The van der Waals surface area contributed by atoms with Crippen molar-refractivity contribution in [2.75, 3.05) is 17.9 Å². The molecule has 9 heteroatoms. The van der Waals surface area contributed by atoms with Gasteiger partial charge < -0.3 is 10.2 Å². The number of nitrogens with one attached hydrogen (secondary N) is 1. The molecule has 37 heavy (non-hydrogen) atoms. The Morgan fingerprint density at radius 1 is 0.973 bits per heavy atom. The van der Waals surface area contributed by atoms with Gasteiger partial charge in [0, 0.05) is 13.6 Å². The highest BCUT2D eigenvalue weighted by atomic mass is 32.2. The van der Waals surface area contributed by atoms with E-state index in [-0.39, 0.29) is 17.3 Å². The summed E-state index contributed by atoms with van der Waals surface area (Å²) in [4.78, 5) is 28.0. The topological polar surface area (TPSA) is 86.8 Å². The number of anilines is 1. The molecule has 0 aliphatic carbocycles. The van der Waals surface area contributed by atoms with Gasteiger partial charge in [-0.25, -0.2) is 12.8 Å². The molecule has 0 saturated heterocycles. The standard InChI is InChI=1S/C28H32FN3O4S/c1-5-25(28(34)30-4)31(18-22-13-15-23(29)16-14-22)27(33)19-32(26-17-20(2)11-12-21(26)3)37(35,36)24-9-7-6-8-10-24/h6-17,25H,5,18-19H2,1-4H3,(H,30,34). The second-order valence-electron chi connectivity index (χ2n) is 8.80. The first kappa shape index (κ1) is 27.9. The first-order valence-electron chi connectivity index (χ1n) is 12.0. The van der Waals surface area contributed by atoms with E-state index in [1.54, 1.807) is 44.2 Å². The minimum Gasteiger partial charge on any atom is -0.357 e. The maximum atomic E-state index is 13.9. The lowest BCUT2D eigenvalue weighted by atomic mass is 10.1. The molecule has 3 aromatic rings. The molecule has 1 N–H and O–H groups in total. The number of benzene rings is 3. The number of hydrogen-bond acceptors (Lipinski definition) is 4. The Balaban J connectivity index is 2.09. The van der Waals surface area contributed by atoms with Crippen molar-refractivity contribution in [2.24, 2.45) is 0 Å². The van der Waals surface area contributed by atoms with Crippen LogP contribution in [0.3, 0.4) is 0 Å². The highest BCUT2D eigenvalue weighted by molar-refractivity contribution is 7.92. The lowest BCUT2D eigenvalue weighted by Crippen LogP contribution is -2.51. The molecule has 0 spiro atoms. The van der Waals surface area contributed by atoms with Crippen LogP contribution >= 0.6 is 0 Å². The van der Waals surface area contributed by atoms with Crippen LogP contribution in [0.4, 0.5) is 10.1 Å². The fourth-order valence-electron chi connectivity index (χ4n) is 4.09. The van der Waals surface area contributed by atoms with Crippen LogP contribution in [-0.4, -0.2) is 44.8 Å². The quantitative estimate of drug-likeness (QED) is 0.430. The van der Waals surface area contributed by atoms with Gasteiger partial charge in [-0.2, -0.15) is 0 Å². The SMILES string of the molecule is CCC(C(=O)NC)N(Cc1ccc(F)cc1)C(=O)CN(c1cc(C)ccc1C)S(=O)(=O)c1ccccc1. The number of carbonyl (C=O) groups is 2. The predicted octanol–water partition coefficient (Wildman–Crippen LogP) is 4.19. The molecule has 1 unspecified atom stereocenters. The second-order valence-corrected chi connectivity index (χ2v) is 10.7. The largest absolute Gasteiger partial charge is 0.357 e. The summed E-state index contributed by atoms with van der Waals surface area (Å²) < 4.78 is 42.2. The smallest absolute Gasteiger partial charge is 0.264 e. The normalized spacial score (nSPS) is 12.0. The minimum atomic E-state index is -4.12. The third kappa shape index (κ3) is 6.54. The zero-order valence-corrected chi connectivity index (χ0v) is 22.3. The predicted molar refractivity (Wildman–Crippen MR) is 142 cm³/mol. The van der Waals surface area contributed by atoms with E-state index in [1.807, 2.05) is 13.0 Å². The highest BCUT2D eigenvalue weighted by Crippen LogP contribution is 2.28. The number of hydrogen-bond donors (Lipinski definition) is 1. The van der Waals surface area contributed by atoms with Crippen LogP contribution in [0.15, 0.2) is 77.7 Å². The third-order valence-corrected chi connectivity index (χ3v) is 7.92. The summed E-state index contributed by atoms with van der Waals surface area (Å²) in [5, 5.41) is 2.58. The van der Waals surface area contributed by atoms with E-state index >= 15 is 0 Å². The van der Waals surface area contributed by atoms with E-state index < -0.39 is 34.3 Å². The highest BCUT2D eigenvalue weighted by Gasteiger charge is 2.33. The fraction of sp³-hybridized carbons (Fsp3) is 0.286. The van der Waals surface area contributed by atoms with Crippen LogP contribution < -0.4 is 9.62 Å². The number of nitrogens with zero attached hydrogens (tertiary/aromatic N) is 2. The van der Waals surface area contributed by atoms with Gasteiger partial charge in [0.05, 0.1) is 10.6 Å². The summed E-state index contributed by atoms with van der Waals surface area (Å²) in [6.07, 6.45) is 0.307. The fourth-order valence-corrected chi connectivity index (χ4v) is 5.59. The van der Waals surface area contributed by atoms with Crippen molar-refractivity contribution in [1.29, 1.82) is 0 Å². The zero-order chi connectivity index (χ0) is 27.2. The minimum absolute atomic E-state index is 0.0110. The summed E-state index contributed by atoms with van der Waals surface area (Å²) in [5.74, 6) is -1.35. The van der Waals surface area contributed by atoms with Crippen LogP contribution in [-0.2, 0) is 26.2 Å². The number of amides is 2. The first-order valence-corrected chi connectivity index (χ1v) is 13.4. The van der Waals surface area contributed by atoms with Crippen LogP contribution in [0.2, 0.25) is 0 Å². The Hall–Kier alpha value is -3.72. The molecule has 0 saturated carbocycles. The van der Waals surface area contributed by atoms with Crippen LogP contribution in [0.25, 0.3) is 0 Å². The monoisotopic (exact) mass is 525 g/mol. The summed E-state index contributed by atoms with van der Waals surface area (Å²) in [6, 6.07) is 18.1. The second kappa shape index (κ2) is 12.0. The first-order chi connectivity index (χ1) is 17.6. The zero-order valence-electron chi connectivity index (χ0n) is 21.4. The Morgan fingerprint density at radius 2 is 1.62 bits per heavy atom. The van der Waals surface area contributed by atoms with Crippen molar-refractivity contribution in [1.82, 2.24) is 10.2 Å². The molecule has 196 valence electrons. The molecule has 0 aromatic heterocycles. The average Bonchev–Trinajstić information content (AvgIpc) is 2.89. The van der Waals surface area contributed by atoms with Crippen molar-refractivity contribution in [3.8, 4) is 0 Å². The number of likely N-dealkylation sites (N-methyl/N-ethyl adjacent to an activating group) is 1. The van der Waals surface area contributed by atoms with Gasteiger partial charge in [-0.3, -0.25) is 13.9 Å². The van der Waals surface area contributed by atoms with Crippen LogP contribution in [0.5, 0.6) is 0 Å². The lowest BCUT2D eigenvalue weighted by molar-refractivity contribution is -0.140. The number of halogens is 1. The molecule has 0 radical (unpaired) electrons. The molecular weight excluding hydrogens is 493 g/mol. The molecule has 3 rings (SSSR count). The molecule has 0 fully saturated rings. The molecule has 2 amide bonds. The maximum Gasteiger partial charge on any atom is 0.264 e. The van der Waals surface area contributed by atoms with Crippen molar-refractivity contribution < 1.29 is 22.4 Å². The van der Waals surface area contributed by atoms with Gasteiger partial charge in [0.15, 0.2) is 0 Å². The molecule has 3 aromatic carbocycles. The van der Waals surface area contributed by atoms with Crippen molar-refractivity contribution in [3.05, 3.63) is 95.3 Å². The Kier molecular flexibility index (Phi) is 9.04. The third-order valence-electron chi connectivity index (χ3n) is 6.14. The van der Waals surface area contributed by atoms with Crippen LogP contribution in [0.1, 0.15) is 30.0 Å². The van der Waals surface area contributed by atoms with E-state index in [1.165, 1.54) is 48.3 Å². The molecule has 0 heterocycles. The van der Waals surface area contributed by atoms with E-state index in [4.69, 9.17) is 0 Å². The van der Waals surface area contributed by atoms with E-state index in [0.717, 1.165) is 9.87 Å². The van der Waals surface area contributed by atoms with Gasteiger partial charge in [0.25, 0.3) is 10.0 Å². The molecular formula is C28H32FN3O4S. The molecule has 0 aliphatic rings. The number of aryl methyl sites for hydroxylation is 2. The molecule has 0 aliphatic heterocycles. The van der Waals surface area contributed by atoms with E-state index in [2.05, 4.69) is 5.32 Å². The summed E-state index contributed by atoms with van der Waals surface area (Å²) in [5.41, 5.74) is 2.51. The van der Waals surface area contributed by atoms with Gasteiger partial charge >= 0.3 is 0 Å². The van der Waals surface area contributed by atoms with Gasteiger partial charge in [-0.1, -0.05) is 49.4 Å². The van der Waals surface area contributed by atoms with E-state index in [0.29, 0.717) is 23.2 Å². The maximum absolute atomic E-state index is 13.9. The van der Waals surface area contributed by atoms with Gasteiger partial charge in [-0.15, -0.1) is 0 Å². The van der Waals surface area contributed by atoms with Crippen LogP contribution in [0, 0.1) is 19.7 Å². The Morgan fingerprint density at radius 3 is 2.22 bits per heavy atom.